The normalized spacial score (nSPS) is 13.0. The summed E-state index contributed by atoms with van der Waals surface area (Å²) in [6, 6.07) is 5.76. The maximum absolute atomic E-state index is 5.43. The van der Waals surface area contributed by atoms with Crippen LogP contribution in [0.25, 0.3) is 0 Å². The molecule has 2 aromatic rings. The average Bonchev–Trinajstić information content (AvgIpc) is 3.20. The third-order valence-electron chi connectivity index (χ3n) is 3.34. The van der Waals surface area contributed by atoms with Crippen LogP contribution in [-0.4, -0.2) is 28.7 Å². The summed E-state index contributed by atoms with van der Waals surface area (Å²) < 4.78 is 12.7. The van der Waals surface area contributed by atoms with Gasteiger partial charge in [0.25, 0.3) is 0 Å². The van der Waals surface area contributed by atoms with Crippen LogP contribution in [0, 0.1) is 0 Å². The molecule has 0 amide bonds. The van der Waals surface area contributed by atoms with Gasteiger partial charge in [-0.15, -0.1) is 0 Å². The highest BCUT2D eigenvalue weighted by Gasteiger charge is 2.16. The molecule has 0 N–H and O–H groups in total. The molecular formula is C17H19N3O3. The lowest BCUT2D eigenvalue weighted by atomic mass is 10.1. The molecule has 0 saturated carbocycles. The van der Waals surface area contributed by atoms with Crippen molar-refractivity contribution in [2.75, 3.05) is 13.4 Å². The number of fused-ring (bicyclic) bond motifs is 1. The second-order valence-corrected chi connectivity index (χ2v) is 5.42. The van der Waals surface area contributed by atoms with E-state index in [2.05, 4.69) is 10.1 Å². The number of aromatic nitrogens is 2. The fraction of sp³-hybridized carbons (Fsp3) is 0.294. The zero-order chi connectivity index (χ0) is 16.1. The van der Waals surface area contributed by atoms with Gasteiger partial charge in [-0.25, -0.2) is 4.98 Å². The zero-order valence-electron chi connectivity index (χ0n) is 13.2. The number of hydrogen-bond acceptors (Lipinski definition) is 5. The lowest BCUT2D eigenvalue weighted by Crippen LogP contribution is -2.11. The zero-order valence-corrected chi connectivity index (χ0v) is 13.2. The standard InChI is InChI=1S/C17H19N3O3/c1-13(2)5-8-23-19-15(10-20-7-6-18-11-20)14-3-4-16-17(9-14)22-12-21-16/h3-7,9,11H,8,10,12H2,1-2H3/b19-15+. The Kier molecular flexibility index (Phi) is 4.61. The first kappa shape index (κ1) is 15.1. The molecule has 0 spiro atoms. The van der Waals surface area contributed by atoms with Gasteiger partial charge < -0.3 is 18.9 Å². The number of hydrogen-bond donors (Lipinski definition) is 0. The van der Waals surface area contributed by atoms with Crippen molar-refractivity contribution in [1.29, 1.82) is 0 Å². The van der Waals surface area contributed by atoms with E-state index in [-0.39, 0.29) is 6.79 Å². The lowest BCUT2D eigenvalue weighted by Gasteiger charge is -2.08. The summed E-state index contributed by atoms with van der Waals surface area (Å²) in [6.07, 6.45) is 7.36. The highest BCUT2D eigenvalue weighted by atomic mass is 16.7. The van der Waals surface area contributed by atoms with Crippen LogP contribution in [0.5, 0.6) is 11.5 Å². The quantitative estimate of drug-likeness (QED) is 0.356. The predicted octanol–water partition coefficient (Wildman–Crippen LogP) is 3.00. The third kappa shape index (κ3) is 3.91. The van der Waals surface area contributed by atoms with Crippen molar-refractivity contribution in [3.8, 4) is 11.5 Å². The number of oxime groups is 1. The van der Waals surface area contributed by atoms with Gasteiger partial charge in [-0.2, -0.15) is 0 Å². The van der Waals surface area contributed by atoms with Gasteiger partial charge in [0.1, 0.15) is 12.3 Å². The molecule has 0 saturated heterocycles. The minimum atomic E-state index is 0.254. The van der Waals surface area contributed by atoms with Gasteiger partial charge in [0.2, 0.25) is 6.79 Å². The van der Waals surface area contributed by atoms with Gasteiger partial charge in [0.15, 0.2) is 11.5 Å². The van der Waals surface area contributed by atoms with Gasteiger partial charge in [-0.3, -0.25) is 0 Å². The molecule has 0 fully saturated rings. The van der Waals surface area contributed by atoms with Crippen LogP contribution in [0.3, 0.4) is 0 Å². The summed E-state index contributed by atoms with van der Waals surface area (Å²) >= 11 is 0. The van der Waals surface area contributed by atoms with Crippen LogP contribution < -0.4 is 9.47 Å². The Bertz CT molecular complexity index is 717. The van der Waals surface area contributed by atoms with Crippen molar-refractivity contribution >= 4 is 5.71 Å². The van der Waals surface area contributed by atoms with E-state index in [0.717, 1.165) is 22.8 Å². The van der Waals surface area contributed by atoms with Crippen molar-refractivity contribution in [1.82, 2.24) is 9.55 Å². The van der Waals surface area contributed by atoms with E-state index in [9.17, 15) is 0 Å². The summed E-state index contributed by atoms with van der Waals surface area (Å²) in [4.78, 5) is 9.49. The van der Waals surface area contributed by atoms with E-state index >= 15 is 0 Å². The first-order valence-electron chi connectivity index (χ1n) is 7.40. The Morgan fingerprint density at radius 1 is 1.35 bits per heavy atom. The molecular weight excluding hydrogens is 294 g/mol. The molecule has 1 aliphatic heterocycles. The number of ether oxygens (including phenoxy) is 2. The molecule has 0 bridgehead atoms. The predicted molar refractivity (Wildman–Crippen MR) is 86.7 cm³/mol. The molecule has 6 heteroatoms. The van der Waals surface area contributed by atoms with Crippen LogP contribution in [0.2, 0.25) is 0 Å². The van der Waals surface area contributed by atoms with Crippen molar-refractivity contribution in [3.63, 3.8) is 0 Å². The highest BCUT2D eigenvalue weighted by molar-refractivity contribution is 6.00. The Morgan fingerprint density at radius 3 is 3.00 bits per heavy atom. The second kappa shape index (κ2) is 7.00. The minimum Gasteiger partial charge on any atom is -0.454 e. The van der Waals surface area contributed by atoms with Crippen LogP contribution in [0.4, 0.5) is 0 Å². The van der Waals surface area contributed by atoms with Gasteiger partial charge in [0, 0.05) is 18.0 Å². The Hall–Kier alpha value is -2.76. The van der Waals surface area contributed by atoms with Gasteiger partial charge >= 0.3 is 0 Å². The first-order valence-corrected chi connectivity index (χ1v) is 7.40. The Morgan fingerprint density at radius 2 is 2.22 bits per heavy atom. The first-order chi connectivity index (χ1) is 11.2. The van der Waals surface area contributed by atoms with E-state index < -0.39 is 0 Å². The SMILES string of the molecule is CC(C)=CCO/N=C(\Cn1ccnc1)c1ccc2c(c1)OCO2. The maximum atomic E-state index is 5.43. The lowest BCUT2D eigenvalue weighted by molar-refractivity contribution is 0.173. The molecule has 3 rings (SSSR count). The molecule has 1 aromatic carbocycles. The number of benzene rings is 1. The molecule has 120 valence electrons. The van der Waals surface area contributed by atoms with Crippen LogP contribution in [0.1, 0.15) is 19.4 Å². The summed E-state index contributed by atoms with van der Waals surface area (Å²) in [5.41, 5.74) is 2.92. The average molecular weight is 313 g/mol. The minimum absolute atomic E-state index is 0.254. The summed E-state index contributed by atoms with van der Waals surface area (Å²) in [5.74, 6) is 1.48. The molecule has 1 aromatic heterocycles. The van der Waals surface area contributed by atoms with E-state index in [1.165, 1.54) is 5.57 Å². The van der Waals surface area contributed by atoms with Gasteiger partial charge in [-0.1, -0.05) is 10.7 Å². The van der Waals surface area contributed by atoms with E-state index in [1.807, 2.05) is 48.9 Å². The topological polar surface area (TPSA) is 57.9 Å². The molecule has 23 heavy (non-hydrogen) atoms. The van der Waals surface area contributed by atoms with Crippen LogP contribution in [0.15, 0.2) is 53.7 Å². The number of nitrogens with zero attached hydrogens (tertiary/aromatic N) is 3. The number of allylic oxidation sites excluding steroid dienone is 1. The largest absolute Gasteiger partial charge is 0.454 e. The van der Waals surface area contributed by atoms with Gasteiger partial charge in [0.05, 0.1) is 12.9 Å². The summed E-state index contributed by atoms with van der Waals surface area (Å²) in [5, 5.41) is 4.29. The summed E-state index contributed by atoms with van der Waals surface area (Å²) in [7, 11) is 0. The molecule has 0 atom stereocenters. The molecule has 6 nitrogen and oxygen atoms in total. The van der Waals surface area contributed by atoms with Crippen LogP contribution >= 0.6 is 0 Å². The molecule has 1 aliphatic rings. The molecule has 2 heterocycles. The Balaban J connectivity index is 1.82. The number of imidazole rings is 1. The van der Waals surface area contributed by atoms with Crippen molar-refractivity contribution in [2.24, 2.45) is 5.16 Å². The smallest absolute Gasteiger partial charge is 0.231 e. The van der Waals surface area contributed by atoms with Crippen molar-refractivity contribution in [2.45, 2.75) is 20.4 Å². The van der Waals surface area contributed by atoms with E-state index in [4.69, 9.17) is 14.3 Å². The fourth-order valence-electron chi connectivity index (χ4n) is 2.12. The van der Waals surface area contributed by atoms with Gasteiger partial charge in [-0.05, 0) is 38.1 Å². The fourth-order valence-corrected chi connectivity index (χ4v) is 2.12. The van der Waals surface area contributed by atoms with Crippen LogP contribution in [-0.2, 0) is 11.4 Å². The second-order valence-electron chi connectivity index (χ2n) is 5.42. The monoisotopic (exact) mass is 313 g/mol. The third-order valence-corrected chi connectivity index (χ3v) is 3.34. The summed E-state index contributed by atoms with van der Waals surface area (Å²) in [6.45, 7) is 5.31. The Labute approximate surface area is 135 Å². The van der Waals surface area contributed by atoms with E-state index in [1.54, 1.807) is 12.5 Å². The molecule has 0 radical (unpaired) electrons. The highest BCUT2D eigenvalue weighted by Crippen LogP contribution is 2.32. The maximum Gasteiger partial charge on any atom is 0.231 e. The van der Waals surface area contributed by atoms with Crippen molar-refractivity contribution < 1.29 is 14.3 Å². The molecule has 0 aliphatic carbocycles. The number of rotatable bonds is 6. The molecule has 0 unspecified atom stereocenters. The van der Waals surface area contributed by atoms with E-state index in [0.29, 0.717) is 13.2 Å². The van der Waals surface area contributed by atoms with Crippen molar-refractivity contribution in [3.05, 3.63) is 54.1 Å².